The number of nitrogens with zero attached hydrogens (tertiary/aromatic N) is 3. The number of nitrogens with one attached hydrogen (secondary N) is 1. The Kier molecular flexibility index (Phi) is 10.4. The molecule has 1 aliphatic rings. The lowest BCUT2D eigenvalue weighted by atomic mass is 10.2. The van der Waals surface area contributed by atoms with E-state index in [2.05, 4.69) is 20.1 Å². The Bertz CT molecular complexity index is 452. The lowest BCUT2D eigenvalue weighted by Crippen LogP contribution is -2.40. The lowest BCUT2D eigenvalue weighted by molar-refractivity contribution is -0.122. The molecule has 22 heavy (non-hydrogen) atoms. The molecular formula is C14H27Cl2N5O. The Morgan fingerprint density at radius 3 is 2.82 bits per heavy atom. The highest BCUT2D eigenvalue weighted by molar-refractivity contribution is 5.85. The van der Waals surface area contributed by atoms with E-state index >= 15 is 0 Å². The number of fused-ring (bicyclic) bond motifs is 1. The zero-order chi connectivity index (χ0) is 14.4. The van der Waals surface area contributed by atoms with Crippen molar-refractivity contribution >= 4 is 30.7 Å². The van der Waals surface area contributed by atoms with Crippen molar-refractivity contribution in [3.8, 4) is 0 Å². The molecule has 6 nitrogen and oxygen atoms in total. The number of carbonyl (C=O) groups is 1. The summed E-state index contributed by atoms with van der Waals surface area (Å²) < 4.78 is 2.26. The molecule has 0 spiro atoms. The molecule has 1 aliphatic heterocycles. The van der Waals surface area contributed by atoms with Gasteiger partial charge in [0.15, 0.2) is 0 Å². The minimum Gasteiger partial charge on any atom is -0.355 e. The molecule has 0 unspecified atom stereocenters. The van der Waals surface area contributed by atoms with Crippen molar-refractivity contribution < 1.29 is 4.79 Å². The first kappa shape index (κ1) is 21.1. The van der Waals surface area contributed by atoms with Crippen molar-refractivity contribution in [2.24, 2.45) is 5.73 Å². The number of hydrogen-bond acceptors (Lipinski definition) is 4. The fourth-order valence-corrected chi connectivity index (χ4v) is 2.50. The molecule has 2 heterocycles. The quantitative estimate of drug-likeness (QED) is 0.762. The number of aryl methyl sites for hydroxylation is 2. The minimum absolute atomic E-state index is 0. The van der Waals surface area contributed by atoms with E-state index in [1.54, 1.807) is 0 Å². The molecule has 0 bridgehead atoms. The predicted octanol–water partition coefficient (Wildman–Crippen LogP) is 1.63. The van der Waals surface area contributed by atoms with Gasteiger partial charge in [0, 0.05) is 25.9 Å². The van der Waals surface area contributed by atoms with E-state index in [-0.39, 0.29) is 36.8 Å². The van der Waals surface area contributed by atoms with Crippen molar-refractivity contribution in [1.82, 2.24) is 20.1 Å². The van der Waals surface area contributed by atoms with Gasteiger partial charge in [-0.15, -0.1) is 35.0 Å². The fourth-order valence-electron chi connectivity index (χ4n) is 2.50. The predicted molar refractivity (Wildman–Crippen MR) is 91.7 cm³/mol. The highest BCUT2D eigenvalue weighted by atomic mass is 35.5. The summed E-state index contributed by atoms with van der Waals surface area (Å²) in [6, 6.07) is -0.389. The zero-order valence-corrected chi connectivity index (χ0v) is 14.7. The third-order valence-corrected chi connectivity index (χ3v) is 3.84. The van der Waals surface area contributed by atoms with Gasteiger partial charge in [0.2, 0.25) is 5.91 Å². The Morgan fingerprint density at radius 1 is 1.32 bits per heavy atom. The second kappa shape index (κ2) is 10.8. The molecule has 1 aromatic heterocycles. The second-order valence-electron chi connectivity index (χ2n) is 5.40. The number of aromatic nitrogens is 3. The van der Waals surface area contributed by atoms with Crippen LogP contribution in [0.3, 0.4) is 0 Å². The third kappa shape index (κ3) is 5.74. The highest BCUT2D eigenvalue weighted by Gasteiger charge is 2.14. The summed E-state index contributed by atoms with van der Waals surface area (Å²) in [5.74, 6) is 2.11. The van der Waals surface area contributed by atoms with Crippen LogP contribution >= 0.6 is 24.8 Å². The molecule has 2 rings (SSSR count). The van der Waals surface area contributed by atoms with Crippen LogP contribution in [0.15, 0.2) is 0 Å². The van der Waals surface area contributed by atoms with Crippen molar-refractivity contribution in [1.29, 1.82) is 0 Å². The van der Waals surface area contributed by atoms with Crippen LogP contribution in [-0.2, 0) is 24.2 Å². The number of rotatable bonds is 6. The van der Waals surface area contributed by atoms with Crippen molar-refractivity contribution in [3.63, 3.8) is 0 Å². The first-order valence-electron chi connectivity index (χ1n) is 7.66. The van der Waals surface area contributed by atoms with E-state index in [9.17, 15) is 4.79 Å². The third-order valence-electron chi connectivity index (χ3n) is 3.84. The van der Waals surface area contributed by atoms with Gasteiger partial charge in [-0.25, -0.2) is 0 Å². The van der Waals surface area contributed by atoms with Gasteiger partial charge in [0.05, 0.1) is 6.04 Å². The van der Waals surface area contributed by atoms with Crippen LogP contribution in [0.1, 0.15) is 50.7 Å². The molecule has 8 heteroatoms. The summed E-state index contributed by atoms with van der Waals surface area (Å²) in [6.07, 6.45) is 7.13. The summed E-state index contributed by atoms with van der Waals surface area (Å²) in [5, 5.41) is 11.4. The smallest absolute Gasteiger partial charge is 0.236 e. The first-order chi connectivity index (χ1) is 9.72. The number of hydrogen-bond donors (Lipinski definition) is 2. The van der Waals surface area contributed by atoms with Gasteiger partial charge in [-0.2, -0.15) is 0 Å². The molecule has 0 aliphatic carbocycles. The maximum atomic E-state index is 11.5. The summed E-state index contributed by atoms with van der Waals surface area (Å²) in [5.41, 5.74) is 5.66. The molecule has 128 valence electrons. The van der Waals surface area contributed by atoms with Crippen LogP contribution in [0.4, 0.5) is 0 Å². The molecule has 0 radical (unpaired) electrons. The van der Waals surface area contributed by atoms with Crippen LogP contribution in [0.2, 0.25) is 0 Å². The van der Waals surface area contributed by atoms with E-state index in [0.29, 0.717) is 13.0 Å². The Hall–Kier alpha value is -0.850. The van der Waals surface area contributed by atoms with E-state index in [1.165, 1.54) is 19.3 Å². The van der Waals surface area contributed by atoms with Crippen LogP contribution in [0, 0.1) is 0 Å². The van der Waals surface area contributed by atoms with Gasteiger partial charge < -0.3 is 15.6 Å². The normalized spacial score (nSPS) is 14.8. The maximum absolute atomic E-state index is 11.5. The number of halogens is 2. The average Bonchev–Trinajstić information content (AvgIpc) is 2.70. The van der Waals surface area contributed by atoms with Crippen LogP contribution in [0.5, 0.6) is 0 Å². The molecule has 0 saturated heterocycles. The van der Waals surface area contributed by atoms with Crippen LogP contribution in [-0.4, -0.2) is 33.3 Å². The summed E-state index contributed by atoms with van der Waals surface area (Å²) >= 11 is 0. The number of nitrogens with two attached hydrogens (primary N) is 1. The highest BCUT2D eigenvalue weighted by Crippen LogP contribution is 2.15. The maximum Gasteiger partial charge on any atom is 0.236 e. The Labute approximate surface area is 144 Å². The second-order valence-corrected chi connectivity index (χ2v) is 5.40. The van der Waals surface area contributed by atoms with Crippen molar-refractivity contribution in [2.75, 3.05) is 6.54 Å². The zero-order valence-electron chi connectivity index (χ0n) is 13.1. The SMILES string of the molecule is CC[C@H](N)C(=O)NCCCc1nnc2n1CCCCC2.Cl.Cl. The summed E-state index contributed by atoms with van der Waals surface area (Å²) in [7, 11) is 0. The van der Waals surface area contributed by atoms with Crippen molar-refractivity contribution in [2.45, 2.75) is 64.5 Å². The molecule has 0 aromatic carbocycles. The average molecular weight is 352 g/mol. The molecule has 3 N–H and O–H groups in total. The monoisotopic (exact) mass is 351 g/mol. The van der Waals surface area contributed by atoms with Gasteiger partial charge in [-0.05, 0) is 25.7 Å². The molecule has 1 amide bonds. The molecule has 0 fully saturated rings. The molecule has 0 saturated carbocycles. The standard InChI is InChI=1S/C14H25N5O.2ClH/c1-2-11(15)14(20)16-9-6-8-13-18-17-12-7-4-3-5-10-19(12)13;;/h11H,2-10,15H2,1H3,(H,16,20);2*1H/t11-;;/m0../s1. The Morgan fingerprint density at radius 2 is 2.09 bits per heavy atom. The van der Waals surface area contributed by atoms with Crippen molar-refractivity contribution in [3.05, 3.63) is 11.6 Å². The summed E-state index contributed by atoms with van der Waals surface area (Å²) in [4.78, 5) is 11.5. The topological polar surface area (TPSA) is 85.8 Å². The lowest BCUT2D eigenvalue weighted by Gasteiger charge is -2.10. The first-order valence-corrected chi connectivity index (χ1v) is 7.66. The van der Waals surface area contributed by atoms with Gasteiger partial charge in [0.25, 0.3) is 0 Å². The summed E-state index contributed by atoms with van der Waals surface area (Å²) in [6.45, 7) is 3.59. The van der Waals surface area contributed by atoms with E-state index < -0.39 is 0 Å². The van der Waals surface area contributed by atoms with Crippen LogP contribution in [0.25, 0.3) is 0 Å². The van der Waals surface area contributed by atoms with E-state index in [4.69, 9.17) is 5.73 Å². The number of amides is 1. The molecular weight excluding hydrogens is 325 g/mol. The molecule has 1 atom stereocenters. The molecule has 1 aromatic rings. The fraction of sp³-hybridized carbons (Fsp3) is 0.786. The van der Waals surface area contributed by atoms with Gasteiger partial charge in [0.1, 0.15) is 11.6 Å². The Balaban J connectivity index is 0.00000220. The van der Waals surface area contributed by atoms with Gasteiger partial charge >= 0.3 is 0 Å². The number of carbonyl (C=O) groups excluding carboxylic acids is 1. The van der Waals surface area contributed by atoms with Gasteiger partial charge in [-0.1, -0.05) is 13.3 Å². The van der Waals surface area contributed by atoms with Gasteiger partial charge in [-0.3, -0.25) is 4.79 Å². The van der Waals surface area contributed by atoms with E-state index in [0.717, 1.165) is 37.5 Å². The largest absolute Gasteiger partial charge is 0.355 e. The van der Waals surface area contributed by atoms with E-state index in [1.807, 2.05) is 6.92 Å². The van der Waals surface area contributed by atoms with Crippen LogP contribution < -0.4 is 11.1 Å². The minimum atomic E-state index is -0.389.